The van der Waals surface area contributed by atoms with Crippen molar-refractivity contribution in [3.05, 3.63) is 17.5 Å². The first-order valence-corrected chi connectivity index (χ1v) is 10.6. The Morgan fingerprint density at radius 2 is 2.04 bits per heavy atom. The summed E-state index contributed by atoms with van der Waals surface area (Å²) in [4.78, 5) is 25.9. The molecule has 3 rings (SSSR count). The number of nitrogens with zero attached hydrogens (tertiary/aromatic N) is 3. The van der Waals surface area contributed by atoms with Gasteiger partial charge in [0.1, 0.15) is 0 Å². The van der Waals surface area contributed by atoms with Crippen molar-refractivity contribution in [2.24, 2.45) is 0 Å². The maximum Gasteiger partial charge on any atom is 0.321 e. The van der Waals surface area contributed by atoms with E-state index >= 15 is 0 Å². The molecule has 0 bridgehead atoms. The molecule has 0 aromatic carbocycles. The molecule has 1 aromatic heterocycles. The molecule has 1 fully saturated rings. The molecule has 0 saturated carbocycles. The average Bonchev–Trinajstić information content (AvgIpc) is 3.33. The number of carbonyl (C=O) groups excluding carboxylic acids is 2. The number of likely N-dealkylation sites (tertiary alicyclic amines) is 1. The largest absolute Gasteiger partial charge is 0.415 e. The van der Waals surface area contributed by atoms with E-state index < -0.39 is 6.03 Å². The minimum atomic E-state index is -0.461. The number of rotatable bonds is 8. The van der Waals surface area contributed by atoms with E-state index in [-0.39, 0.29) is 11.7 Å². The minimum Gasteiger partial charge on any atom is -0.415 e. The van der Waals surface area contributed by atoms with E-state index in [1.54, 1.807) is 0 Å². The highest BCUT2D eigenvalue weighted by molar-refractivity contribution is 7.99. The number of hydrogen-bond acceptors (Lipinski definition) is 7. The molecule has 9 heteroatoms. The van der Waals surface area contributed by atoms with E-state index in [1.165, 1.54) is 31.3 Å². The Morgan fingerprint density at radius 3 is 2.81 bits per heavy atom. The lowest BCUT2D eigenvalue weighted by Crippen LogP contribution is -2.40. The maximum absolute atomic E-state index is 11.9. The number of nitrogens with one attached hydrogen (secondary N) is 2. The molecule has 148 valence electrons. The second-order valence-electron chi connectivity index (χ2n) is 6.90. The summed E-state index contributed by atoms with van der Waals surface area (Å²) in [5.74, 6) is 0.243. The van der Waals surface area contributed by atoms with Crippen LogP contribution in [0, 0.1) is 0 Å². The van der Waals surface area contributed by atoms with Crippen LogP contribution in [0.15, 0.2) is 21.3 Å². The average molecular weight is 394 g/mol. The van der Waals surface area contributed by atoms with Gasteiger partial charge in [0.2, 0.25) is 11.8 Å². The van der Waals surface area contributed by atoms with Gasteiger partial charge in [-0.05, 0) is 58.0 Å². The van der Waals surface area contributed by atoms with Crippen LogP contribution in [0.2, 0.25) is 0 Å². The van der Waals surface area contributed by atoms with Gasteiger partial charge in [-0.2, -0.15) is 0 Å². The monoisotopic (exact) mass is 393 g/mol. The smallest absolute Gasteiger partial charge is 0.321 e. The summed E-state index contributed by atoms with van der Waals surface area (Å²) >= 11 is 1.14. The van der Waals surface area contributed by atoms with Gasteiger partial charge in [-0.15, -0.1) is 10.2 Å². The van der Waals surface area contributed by atoms with Crippen molar-refractivity contribution < 1.29 is 14.0 Å². The molecular formula is C18H27N5O3S. The van der Waals surface area contributed by atoms with Gasteiger partial charge in [0.25, 0.3) is 5.22 Å². The molecule has 1 saturated heterocycles. The highest BCUT2D eigenvalue weighted by Gasteiger charge is 2.16. The quantitative estimate of drug-likeness (QED) is 0.517. The van der Waals surface area contributed by atoms with Crippen LogP contribution in [0.25, 0.3) is 0 Å². The first-order chi connectivity index (χ1) is 13.2. The van der Waals surface area contributed by atoms with Crippen LogP contribution in [0.4, 0.5) is 4.79 Å². The fraction of sp³-hybridized carbons (Fsp3) is 0.667. The Kier molecular flexibility index (Phi) is 7.70. The number of hydrogen-bond donors (Lipinski definition) is 2. The van der Waals surface area contributed by atoms with E-state index in [0.717, 1.165) is 44.1 Å². The number of carbonyl (C=O) groups is 2. The zero-order valence-corrected chi connectivity index (χ0v) is 16.4. The fourth-order valence-corrected chi connectivity index (χ4v) is 3.88. The molecule has 2 heterocycles. The topological polar surface area (TPSA) is 100 Å². The zero-order valence-electron chi connectivity index (χ0n) is 15.5. The summed E-state index contributed by atoms with van der Waals surface area (Å²) in [6, 6.07) is -0.461. The van der Waals surface area contributed by atoms with Gasteiger partial charge in [0.15, 0.2) is 0 Å². The van der Waals surface area contributed by atoms with Crippen LogP contribution in [0.5, 0.6) is 0 Å². The molecule has 2 N–H and O–H groups in total. The Morgan fingerprint density at radius 1 is 1.19 bits per heavy atom. The molecule has 1 aliphatic heterocycles. The van der Waals surface area contributed by atoms with Crippen LogP contribution < -0.4 is 10.6 Å². The van der Waals surface area contributed by atoms with Crippen molar-refractivity contribution in [3.8, 4) is 0 Å². The highest BCUT2D eigenvalue weighted by atomic mass is 32.2. The molecule has 2 aliphatic rings. The Hall–Kier alpha value is -1.87. The summed E-state index contributed by atoms with van der Waals surface area (Å²) in [6.07, 6.45) is 10.2. The third kappa shape index (κ3) is 6.99. The van der Waals surface area contributed by atoms with Crippen molar-refractivity contribution in [3.63, 3.8) is 0 Å². The number of amides is 3. The van der Waals surface area contributed by atoms with Crippen LogP contribution in [0.1, 0.15) is 50.8 Å². The first kappa shape index (κ1) is 19.9. The van der Waals surface area contributed by atoms with E-state index in [0.29, 0.717) is 24.2 Å². The Bertz CT molecular complexity index is 670. The van der Waals surface area contributed by atoms with Crippen molar-refractivity contribution in [1.29, 1.82) is 0 Å². The van der Waals surface area contributed by atoms with E-state index in [4.69, 9.17) is 4.42 Å². The summed E-state index contributed by atoms with van der Waals surface area (Å²) in [6.45, 7) is 3.31. The molecule has 8 nitrogen and oxygen atoms in total. The molecule has 0 atom stereocenters. The van der Waals surface area contributed by atoms with Gasteiger partial charge in [0, 0.05) is 6.54 Å². The van der Waals surface area contributed by atoms with Gasteiger partial charge >= 0.3 is 6.03 Å². The van der Waals surface area contributed by atoms with Crippen molar-refractivity contribution in [2.45, 2.75) is 56.7 Å². The van der Waals surface area contributed by atoms with Gasteiger partial charge in [-0.25, -0.2) is 4.79 Å². The second kappa shape index (κ2) is 10.5. The number of urea groups is 1. The van der Waals surface area contributed by atoms with Crippen molar-refractivity contribution in [2.75, 3.05) is 25.4 Å². The normalized spacial score (nSPS) is 17.6. The number of imide groups is 1. The van der Waals surface area contributed by atoms with Gasteiger partial charge < -0.3 is 9.73 Å². The van der Waals surface area contributed by atoms with E-state index in [1.807, 2.05) is 0 Å². The molecular weight excluding hydrogens is 366 g/mol. The standard InChI is InChI=1S/C18H27N5O3S/c24-15(20-17(25)19-9-8-14-6-2-1-3-7-14)13-27-18-22-21-16(26-18)12-23-10-4-5-11-23/h6H,1-5,7-13H2,(H2,19,20,24,25). The third-order valence-corrected chi connectivity index (χ3v) is 5.52. The predicted octanol–water partition coefficient (Wildman–Crippen LogP) is 2.47. The van der Waals surface area contributed by atoms with Gasteiger partial charge in [0.05, 0.1) is 12.3 Å². The summed E-state index contributed by atoms with van der Waals surface area (Å²) < 4.78 is 5.55. The van der Waals surface area contributed by atoms with Crippen molar-refractivity contribution >= 4 is 23.7 Å². The Balaban J connectivity index is 1.30. The van der Waals surface area contributed by atoms with E-state index in [2.05, 4.69) is 31.8 Å². The van der Waals surface area contributed by atoms with Crippen LogP contribution >= 0.6 is 11.8 Å². The maximum atomic E-state index is 11.9. The van der Waals surface area contributed by atoms with Gasteiger partial charge in [-0.1, -0.05) is 23.4 Å². The molecule has 1 aliphatic carbocycles. The summed E-state index contributed by atoms with van der Waals surface area (Å²) in [5.41, 5.74) is 1.39. The van der Waals surface area contributed by atoms with Crippen LogP contribution in [-0.2, 0) is 11.3 Å². The van der Waals surface area contributed by atoms with Crippen LogP contribution in [-0.4, -0.2) is 52.4 Å². The summed E-state index contributed by atoms with van der Waals surface area (Å²) in [5, 5.41) is 13.4. The predicted molar refractivity (Wildman–Crippen MR) is 102 cm³/mol. The lowest BCUT2D eigenvalue weighted by Gasteiger charge is -2.13. The first-order valence-electron chi connectivity index (χ1n) is 9.62. The lowest BCUT2D eigenvalue weighted by molar-refractivity contribution is -0.117. The molecule has 0 radical (unpaired) electrons. The SMILES string of the molecule is O=C(CSc1nnc(CN2CCCC2)o1)NC(=O)NCCC1=CCCCC1. The fourth-order valence-electron chi connectivity index (χ4n) is 3.29. The minimum absolute atomic E-state index is 0.0594. The molecule has 1 aromatic rings. The lowest BCUT2D eigenvalue weighted by atomic mass is 9.97. The van der Waals surface area contributed by atoms with Crippen LogP contribution in [0.3, 0.4) is 0 Å². The third-order valence-electron chi connectivity index (χ3n) is 4.70. The Labute approximate surface area is 163 Å². The highest BCUT2D eigenvalue weighted by Crippen LogP contribution is 2.19. The van der Waals surface area contributed by atoms with Crippen molar-refractivity contribution in [1.82, 2.24) is 25.7 Å². The van der Waals surface area contributed by atoms with Gasteiger partial charge in [-0.3, -0.25) is 15.0 Å². The molecule has 3 amide bonds. The number of allylic oxidation sites excluding steroid dienone is 1. The number of thioether (sulfide) groups is 1. The number of aromatic nitrogens is 2. The molecule has 0 spiro atoms. The summed E-state index contributed by atoms with van der Waals surface area (Å²) in [7, 11) is 0. The molecule has 0 unspecified atom stereocenters. The zero-order chi connectivity index (χ0) is 18.9. The molecule has 27 heavy (non-hydrogen) atoms. The van der Waals surface area contributed by atoms with E-state index in [9.17, 15) is 9.59 Å². The second-order valence-corrected chi connectivity index (χ2v) is 7.82.